The molecular formula is C15H14BrClFN. The molecule has 0 bridgehead atoms. The van der Waals surface area contributed by atoms with Gasteiger partial charge in [-0.2, -0.15) is 0 Å². The van der Waals surface area contributed by atoms with E-state index in [0.29, 0.717) is 15.9 Å². The number of benzene rings is 2. The van der Waals surface area contributed by atoms with Crippen LogP contribution < -0.4 is 5.73 Å². The zero-order chi connectivity index (χ0) is 14.0. The van der Waals surface area contributed by atoms with Crippen LogP contribution in [0.15, 0.2) is 46.9 Å². The number of hydrogen-bond acceptors (Lipinski definition) is 1. The molecule has 1 atom stereocenters. The Morgan fingerprint density at radius 2 is 1.84 bits per heavy atom. The molecular weight excluding hydrogens is 329 g/mol. The smallest absolute Gasteiger partial charge is 0.137 e. The Morgan fingerprint density at radius 3 is 2.42 bits per heavy atom. The van der Waals surface area contributed by atoms with Crippen LogP contribution in [0.5, 0.6) is 0 Å². The van der Waals surface area contributed by atoms with Gasteiger partial charge in [0.25, 0.3) is 0 Å². The molecule has 0 aliphatic rings. The predicted octanol–water partition coefficient (Wildman–Crippen LogP) is 4.66. The van der Waals surface area contributed by atoms with Gasteiger partial charge in [0.05, 0.1) is 4.47 Å². The lowest BCUT2D eigenvalue weighted by molar-refractivity contribution is 0.490. The van der Waals surface area contributed by atoms with Crippen molar-refractivity contribution < 1.29 is 4.39 Å². The minimum Gasteiger partial charge on any atom is -0.321 e. The van der Waals surface area contributed by atoms with Gasteiger partial charge in [0.15, 0.2) is 0 Å². The summed E-state index contributed by atoms with van der Waals surface area (Å²) < 4.78 is 13.7. The van der Waals surface area contributed by atoms with Crippen LogP contribution in [0, 0.1) is 5.82 Å². The standard InChI is InChI=1S/C15H14BrClFN/c1-15(19,11-3-5-12(17)6-4-11)9-10-2-7-14(18)13(16)8-10/h2-8H,9,19H2,1H3. The third-order valence-electron chi connectivity index (χ3n) is 3.06. The van der Waals surface area contributed by atoms with E-state index in [1.54, 1.807) is 12.1 Å². The third-order valence-corrected chi connectivity index (χ3v) is 3.92. The Kier molecular flexibility index (Phi) is 4.29. The molecule has 0 heterocycles. The van der Waals surface area contributed by atoms with Crippen LogP contribution >= 0.6 is 27.5 Å². The fourth-order valence-electron chi connectivity index (χ4n) is 2.01. The lowest BCUT2D eigenvalue weighted by atomic mass is 9.87. The zero-order valence-electron chi connectivity index (χ0n) is 10.5. The van der Waals surface area contributed by atoms with Crippen molar-refractivity contribution in [1.82, 2.24) is 0 Å². The molecule has 0 amide bonds. The summed E-state index contributed by atoms with van der Waals surface area (Å²) in [6.07, 6.45) is 0.619. The number of rotatable bonds is 3. The molecule has 2 aromatic rings. The second kappa shape index (κ2) is 5.61. The molecule has 1 unspecified atom stereocenters. The molecule has 0 aliphatic carbocycles. The Hall–Kier alpha value is -0.900. The molecule has 0 aromatic heterocycles. The average molecular weight is 343 g/mol. The fraction of sp³-hybridized carbons (Fsp3) is 0.200. The number of hydrogen-bond donors (Lipinski definition) is 1. The topological polar surface area (TPSA) is 26.0 Å². The highest BCUT2D eigenvalue weighted by Crippen LogP contribution is 2.26. The van der Waals surface area contributed by atoms with Gasteiger partial charge in [-0.3, -0.25) is 0 Å². The van der Waals surface area contributed by atoms with Crippen LogP contribution in [0.2, 0.25) is 5.02 Å². The lowest BCUT2D eigenvalue weighted by Gasteiger charge is -2.25. The van der Waals surface area contributed by atoms with E-state index in [0.717, 1.165) is 11.1 Å². The Labute approximate surface area is 125 Å². The van der Waals surface area contributed by atoms with E-state index < -0.39 is 5.54 Å². The van der Waals surface area contributed by atoms with Crippen molar-refractivity contribution in [3.05, 3.63) is 68.9 Å². The molecule has 0 radical (unpaired) electrons. The van der Waals surface area contributed by atoms with Crippen LogP contribution in [-0.2, 0) is 12.0 Å². The minimum absolute atomic E-state index is 0.269. The van der Waals surface area contributed by atoms with Gasteiger partial charge in [0, 0.05) is 10.6 Å². The van der Waals surface area contributed by atoms with E-state index in [-0.39, 0.29) is 5.82 Å². The summed E-state index contributed by atoms with van der Waals surface area (Å²) >= 11 is 9.06. The highest BCUT2D eigenvalue weighted by Gasteiger charge is 2.22. The van der Waals surface area contributed by atoms with Crippen molar-refractivity contribution in [3.8, 4) is 0 Å². The molecule has 100 valence electrons. The van der Waals surface area contributed by atoms with E-state index in [9.17, 15) is 4.39 Å². The van der Waals surface area contributed by atoms with Crippen molar-refractivity contribution in [2.45, 2.75) is 18.9 Å². The number of halogens is 3. The first-order valence-corrected chi connectivity index (χ1v) is 7.04. The molecule has 2 N–H and O–H groups in total. The van der Waals surface area contributed by atoms with E-state index in [2.05, 4.69) is 15.9 Å². The summed E-state index contributed by atoms with van der Waals surface area (Å²) in [4.78, 5) is 0. The summed E-state index contributed by atoms with van der Waals surface area (Å²) in [6.45, 7) is 1.95. The molecule has 0 saturated heterocycles. The minimum atomic E-state index is -0.526. The summed E-state index contributed by atoms with van der Waals surface area (Å²) in [5.74, 6) is -0.269. The van der Waals surface area contributed by atoms with E-state index in [4.69, 9.17) is 17.3 Å². The summed E-state index contributed by atoms with van der Waals surface area (Å²) in [5, 5.41) is 0.684. The third kappa shape index (κ3) is 3.56. The highest BCUT2D eigenvalue weighted by atomic mass is 79.9. The maximum absolute atomic E-state index is 13.2. The van der Waals surface area contributed by atoms with Gasteiger partial charge >= 0.3 is 0 Å². The average Bonchev–Trinajstić information content (AvgIpc) is 2.34. The summed E-state index contributed by atoms with van der Waals surface area (Å²) in [5.41, 5.74) is 7.81. The van der Waals surface area contributed by atoms with Crippen molar-refractivity contribution in [2.75, 3.05) is 0 Å². The van der Waals surface area contributed by atoms with Crippen LogP contribution in [0.3, 0.4) is 0 Å². The first-order chi connectivity index (χ1) is 8.88. The Bertz CT molecular complexity index is 581. The van der Waals surface area contributed by atoms with Crippen LogP contribution in [0.1, 0.15) is 18.1 Å². The van der Waals surface area contributed by atoms with Crippen LogP contribution in [0.4, 0.5) is 4.39 Å². The Balaban J connectivity index is 2.25. The van der Waals surface area contributed by atoms with Crippen LogP contribution in [-0.4, -0.2) is 0 Å². The van der Waals surface area contributed by atoms with E-state index >= 15 is 0 Å². The van der Waals surface area contributed by atoms with Gasteiger partial charge in [-0.25, -0.2) is 4.39 Å². The van der Waals surface area contributed by atoms with Crippen molar-refractivity contribution in [1.29, 1.82) is 0 Å². The van der Waals surface area contributed by atoms with Gasteiger partial charge in [0.1, 0.15) is 5.82 Å². The van der Waals surface area contributed by atoms with Crippen LogP contribution in [0.25, 0.3) is 0 Å². The molecule has 4 heteroatoms. The normalized spacial score (nSPS) is 14.2. The zero-order valence-corrected chi connectivity index (χ0v) is 12.8. The summed E-state index contributed by atoms with van der Waals surface area (Å²) in [7, 11) is 0. The van der Waals surface area contributed by atoms with E-state index in [1.165, 1.54) is 6.07 Å². The second-order valence-corrected chi connectivity index (χ2v) is 6.14. The first-order valence-electron chi connectivity index (χ1n) is 5.87. The van der Waals surface area contributed by atoms with Gasteiger partial charge in [-0.15, -0.1) is 0 Å². The van der Waals surface area contributed by atoms with Gasteiger partial charge in [-0.1, -0.05) is 29.8 Å². The molecule has 19 heavy (non-hydrogen) atoms. The van der Waals surface area contributed by atoms with E-state index in [1.807, 2.05) is 31.2 Å². The highest BCUT2D eigenvalue weighted by molar-refractivity contribution is 9.10. The van der Waals surface area contributed by atoms with Gasteiger partial charge in [-0.05, 0) is 64.7 Å². The van der Waals surface area contributed by atoms with Crippen molar-refractivity contribution >= 4 is 27.5 Å². The number of nitrogens with two attached hydrogens (primary N) is 1. The molecule has 2 aromatic carbocycles. The molecule has 0 spiro atoms. The SMILES string of the molecule is CC(N)(Cc1ccc(F)c(Br)c1)c1ccc(Cl)cc1. The fourth-order valence-corrected chi connectivity index (χ4v) is 2.56. The molecule has 0 fully saturated rings. The summed E-state index contributed by atoms with van der Waals surface area (Å²) in [6, 6.07) is 12.4. The first kappa shape index (κ1) is 14.5. The van der Waals surface area contributed by atoms with Crippen molar-refractivity contribution in [3.63, 3.8) is 0 Å². The lowest BCUT2D eigenvalue weighted by Crippen LogP contribution is -2.35. The van der Waals surface area contributed by atoms with Gasteiger partial charge < -0.3 is 5.73 Å². The predicted molar refractivity (Wildman–Crippen MR) is 80.8 cm³/mol. The monoisotopic (exact) mass is 341 g/mol. The molecule has 0 saturated carbocycles. The quantitative estimate of drug-likeness (QED) is 0.862. The second-order valence-electron chi connectivity index (χ2n) is 4.85. The van der Waals surface area contributed by atoms with Gasteiger partial charge in [0.2, 0.25) is 0 Å². The molecule has 2 rings (SSSR count). The molecule has 1 nitrogen and oxygen atoms in total. The van der Waals surface area contributed by atoms with Crippen molar-refractivity contribution in [2.24, 2.45) is 5.73 Å². The maximum Gasteiger partial charge on any atom is 0.137 e. The molecule has 0 aliphatic heterocycles. The Morgan fingerprint density at radius 1 is 1.21 bits per heavy atom. The largest absolute Gasteiger partial charge is 0.321 e. The maximum atomic E-state index is 13.2.